The molecule has 7 nitrogen and oxygen atoms in total. The highest BCUT2D eigenvalue weighted by molar-refractivity contribution is 6.46. The third-order valence-electron chi connectivity index (χ3n) is 3.75. The van der Waals surface area contributed by atoms with E-state index in [9.17, 15) is 4.79 Å². The lowest BCUT2D eigenvalue weighted by molar-refractivity contribution is 0.0950. The number of pyridine rings is 1. The van der Waals surface area contributed by atoms with Crippen molar-refractivity contribution in [3.8, 4) is 5.69 Å². The molecule has 2 aromatic heterocycles. The van der Waals surface area contributed by atoms with Crippen molar-refractivity contribution in [2.75, 3.05) is 5.73 Å². The van der Waals surface area contributed by atoms with Gasteiger partial charge in [0, 0.05) is 5.02 Å². The molecule has 3 rings (SSSR count). The molecule has 2 heterocycles. The minimum absolute atomic E-state index is 0.0347. The Hall–Kier alpha value is -2.03. The van der Waals surface area contributed by atoms with Gasteiger partial charge in [-0.05, 0) is 25.1 Å². The molecule has 0 aliphatic rings. The lowest BCUT2D eigenvalue weighted by Gasteiger charge is -2.07. The maximum atomic E-state index is 12.3. The van der Waals surface area contributed by atoms with Crippen LogP contribution in [0.15, 0.2) is 29.4 Å². The van der Waals surface area contributed by atoms with Crippen molar-refractivity contribution in [1.29, 1.82) is 0 Å². The molecule has 0 aliphatic heterocycles. The van der Waals surface area contributed by atoms with Crippen LogP contribution in [0.1, 0.15) is 21.7 Å². The Labute approximate surface area is 190 Å². The largest absolute Gasteiger partial charge is 0.396 e. The highest BCUT2D eigenvalue weighted by Gasteiger charge is 2.20. The van der Waals surface area contributed by atoms with Crippen molar-refractivity contribution in [3.63, 3.8) is 0 Å². The zero-order valence-corrected chi connectivity index (χ0v) is 18.3. The first-order valence-corrected chi connectivity index (χ1v) is 9.74. The summed E-state index contributed by atoms with van der Waals surface area (Å²) in [5.74, 6) is -0.729. The molecule has 0 saturated heterocycles. The standard InChI is InChI=1S/C17H11Cl5N6O/c1-7-10(16(22)28(27-7)9-4-2-3-8(18)5-9)6-24-26-17(29)14-11(19)13(23)12(20)15(21)25-14/h2-6H,1H3,(H2,23,25)(H,26,29). The summed E-state index contributed by atoms with van der Waals surface area (Å²) in [5, 5.41) is 8.77. The average molecular weight is 493 g/mol. The van der Waals surface area contributed by atoms with Gasteiger partial charge in [-0.1, -0.05) is 64.1 Å². The molecule has 1 amide bonds. The maximum absolute atomic E-state index is 12.3. The Morgan fingerprint density at radius 2 is 1.93 bits per heavy atom. The molecule has 0 spiro atoms. The van der Waals surface area contributed by atoms with E-state index in [1.54, 1.807) is 31.2 Å². The van der Waals surface area contributed by atoms with Gasteiger partial charge in [-0.25, -0.2) is 15.1 Å². The second-order valence-electron chi connectivity index (χ2n) is 5.67. The van der Waals surface area contributed by atoms with Gasteiger partial charge in [0.1, 0.15) is 10.2 Å². The Morgan fingerprint density at radius 1 is 1.21 bits per heavy atom. The number of hydrogen-bond acceptors (Lipinski definition) is 5. The quantitative estimate of drug-likeness (QED) is 0.298. The van der Waals surface area contributed by atoms with Crippen LogP contribution in [0.5, 0.6) is 0 Å². The van der Waals surface area contributed by atoms with Crippen LogP contribution in [0.3, 0.4) is 0 Å². The number of benzene rings is 1. The predicted molar refractivity (Wildman–Crippen MR) is 117 cm³/mol. The lowest BCUT2D eigenvalue weighted by Crippen LogP contribution is -2.20. The second kappa shape index (κ2) is 8.77. The van der Waals surface area contributed by atoms with E-state index in [0.717, 1.165) is 0 Å². The highest BCUT2D eigenvalue weighted by Crippen LogP contribution is 2.34. The van der Waals surface area contributed by atoms with Crippen molar-refractivity contribution in [2.24, 2.45) is 5.10 Å². The first kappa shape index (κ1) is 21.7. The first-order valence-electron chi connectivity index (χ1n) is 7.85. The minimum atomic E-state index is -0.729. The number of nitrogen functional groups attached to an aromatic ring is 1. The first-order chi connectivity index (χ1) is 13.7. The van der Waals surface area contributed by atoms with Gasteiger partial charge in [-0.2, -0.15) is 10.2 Å². The van der Waals surface area contributed by atoms with Crippen LogP contribution in [0, 0.1) is 6.92 Å². The molecule has 0 aliphatic carbocycles. The number of nitrogens with two attached hydrogens (primary N) is 1. The number of aryl methyl sites for hydroxylation is 1. The fourth-order valence-electron chi connectivity index (χ4n) is 2.33. The fraction of sp³-hybridized carbons (Fsp3) is 0.0588. The minimum Gasteiger partial charge on any atom is -0.396 e. The lowest BCUT2D eigenvalue weighted by atomic mass is 10.3. The van der Waals surface area contributed by atoms with Gasteiger partial charge >= 0.3 is 0 Å². The van der Waals surface area contributed by atoms with Crippen LogP contribution in [-0.2, 0) is 0 Å². The van der Waals surface area contributed by atoms with E-state index in [-0.39, 0.29) is 31.7 Å². The monoisotopic (exact) mass is 490 g/mol. The molecule has 0 fully saturated rings. The van der Waals surface area contributed by atoms with Crippen LogP contribution in [0.2, 0.25) is 25.4 Å². The Bertz CT molecular complexity index is 1140. The third kappa shape index (κ3) is 4.44. The SMILES string of the molecule is Cc1nn(-c2cccc(Cl)c2)c(Cl)c1C=NNC(=O)c1nc(Cl)c(Cl)c(N)c1Cl. The van der Waals surface area contributed by atoms with E-state index in [4.69, 9.17) is 63.7 Å². The molecule has 29 heavy (non-hydrogen) atoms. The molecule has 3 N–H and O–H groups in total. The summed E-state index contributed by atoms with van der Waals surface area (Å²) >= 11 is 30.1. The molecule has 150 valence electrons. The van der Waals surface area contributed by atoms with Crippen molar-refractivity contribution < 1.29 is 4.79 Å². The fourth-order valence-corrected chi connectivity index (χ4v) is 3.43. The zero-order chi connectivity index (χ0) is 21.3. The Kier molecular flexibility index (Phi) is 6.55. The van der Waals surface area contributed by atoms with Crippen molar-refractivity contribution in [3.05, 3.63) is 66.6 Å². The predicted octanol–water partition coefficient (Wildman–Crippen LogP) is 5.19. The Balaban J connectivity index is 1.84. The smallest absolute Gasteiger partial charge is 0.291 e. The van der Waals surface area contributed by atoms with Crippen LogP contribution in [0.4, 0.5) is 5.69 Å². The number of anilines is 1. The summed E-state index contributed by atoms with van der Waals surface area (Å²) in [5.41, 5.74) is 9.49. The van der Waals surface area contributed by atoms with Gasteiger partial charge in [0.25, 0.3) is 5.91 Å². The molecule has 1 aromatic carbocycles. The number of nitrogens with zero attached hydrogens (tertiary/aromatic N) is 4. The molecule has 0 atom stereocenters. The van der Waals surface area contributed by atoms with Crippen LogP contribution in [0.25, 0.3) is 5.69 Å². The number of amides is 1. The second-order valence-corrected chi connectivity index (χ2v) is 7.58. The van der Waals surface area contributed by atoms with Gasteiger partial charge in [-0.3, -0.25) is 4.79 Å². The van der Waals surface area contributed by atoms with Gasteiger partial charge in [0.05, 0.1) is 33.9 Å². The van der Waals surface area contributed by atoms with Gasteiger partial charge in [0.15, 0.2) is 10.8 Å². The zero-order valence-electron chi connectivity index (χ0n) is 14.6. The summed E-state index contributed by atoms with van der Waals surface area (Å²) < 4.78 is 1.50. The Morgan fingerprint density at radius 3 is 2.62 bits per heavy atom. The summed E-state index contributed by atoms with van der Waals surface area (Å²) in [6, 6.07) is 7.03. The van der Waals surface area contributed by atoms with E-state index in [1.807, 2.05) is 0 Å². The van der Waals surface area contributed by atoms with Crippen molar-refractivity contribution in [2.45, 2.75) is 6.92 Å². The van der Waals surface area contributed by atoms with Crippen molar-refractivity contribution in [1.82, 2.24) is 20.2 Å². The van der Waals surface area contributed by atoms with E-state index in [1.165, 1.54) is 10.9 Å². The van der Waals surface area contributed by atoms with Gasteiger partial charge in [-0.15, -0.1) is 0 Å². The molecule has 12 heteroatoms. The number of hydrogen-bond donors (Lipinski definition) is 2. The highest BCUT2D eigenvalue weighted by atomic mass is 35.5. The summed E-state index contributed by atoms with van der Waals surface area (Å²) in [7, 11) is 0. The number of aromatic nitrogens is 3. The maximum Gasteiger partial charge on any atom is 0.291 e. The molecule has 0 saturated carbocycles. The summed E-state index contributed by atoms with van der Waals surface area (Å²) in [4.78, 5) is 16.1. The molecule has 0 unspecified atom stereocenters. The normalized spacial score (nSPS) is 11.2. The molecule has 0 bridgehead atoms. The number of halogens is 5. The molecule has 0 radical (unpaired) electrons. The third-order valence-corrected chi connectivity index (χ3v) is 5.48. The van der Waals surface area contributed by atoms with Crippen LogP contribution in [-0.4, -0.2) is 26.9 Å². The topological polar surface area (TPSA) is 98.2 Å². The summed E-state index contributed by atoms with van der Waals surface area (Å²) in [6.07, 6.45) is 1.35. The molecular weight excluding hydrogens is 481 g/mol. The molecular formula is C17H11Cl5N6O. The average Bonchev–Trinajstić information content (AvgIpc) is 2.97. The number of rotatable bonds is 4. The number of carbonyl (C=O) groups excluding carboxylic acids is 1. The van der Waals surface area contributed by atoms with E-state index < -0.39 is 5.91 Å². The number of carbonyl (C=O) groups is 1. The van der Waals surface area contributed by atoms with Crippen LogP contribution < -0.4 is 11.2 Å². The summed E-state index contributed by atoms with van der Waals surface area (Å²) in [6.45, 7) is 1.74. The van der Waals surface area contributed by atoms with E-state index in [0.29, 0.717) is 22.0 Å². The number of hydrazone groups is 1. The van der Waals surface area contributed by atoms with E-state index >= 15 is 0 Å². The van der Waals surface area contributed by atoms with Gasteiger partial charge in [0.2, 0.25) is 0 Å². The van der Waals surface area contributed by atoms with Gasteiger partial charge < -0.3 is 5.73 Å². The van der Waals surface area contributed by atoms with E-state index in [2.05, 4.69) is 20.6 Å². The van der Waals surface area contributed by atoms with Crippen molar-refractivity contribution >= 4 is 75.8 Å². The van der Waals surface area contributed by atoms with Crippen LogP contribution >= 0.6 is 58.0 Å². The number of nitrogens with one attached hydrogen (secondary N) is 1. The molecule has 3 aromatic rings.